The van der Waals surface area contributed by atoms with E-state index in [0.29, 0.717) is 18.2 Å². The SMILES string of the molecule is C=CC1CC(=O)N(CCCCN2CCCCCC2)C1. The van der Waals surface area contributed by atoms with Crippen molar-refractivity contribution in [2.45, 2.75) is 44.9 Å². The summed E-state index contributed by atoms with van der Waals surface area (Å²) >= 11 is 0. The monoisotopic (exact) mass is 264 g/mol. The molecular weight excluding hydrogens is 236 g/mol. The maximum absolute atomic E-state index is 11.8. The molecule has 2 saturated heterocycles. The van der Waals surface area contributed by atoms with Crippen LogP contribution in [0.2, 0.25) is 0 Å². The average Bonchev–Trinajstić information content (AvgIpc) is 2.63. The summed E-state index contributed by atoms with van der Waals surface area (Å²) in [6.07, 6.45) is 10.5. The van der Waals surface area contributed by atoms with Gasteiger partial charge in [-0.2, -0.15) is 0 Å². The summed E-state index contributed by atoms with van der Waals surface area (Å²) < 4.78 is 0. The van der Waals surface area contributed by atoms with Gasteiger partial charge in [0.1, 0.15) is 0 Å². The Morgan fingerprint density at radius 2 is 1.79 bits per heavy atom. The highest BCUT2D eigenvalue weighted by atomic mass is 16.2. The molecule has 1 atom stereocenters. The van der Waals surface area contributed by atoms with E-state index in [2.05, 4.69) is 11.5 Å². The molecule has 0 aromatic heterocycles. The largest absolute Gasteiger partial charge is 0.342 e. The topological polar surface area (TPSA) is 23.6 Å². The molecule has 19 heavy (non-hydrogen) atoms. The summed E-state index contributed by atoms with van der Waals surface area (Å²) in [6, 6.07) is 0. The molecule has 0 aliphatic carbocycles. The van der Waals surface area contributed by atoms with Crippen LogP contribution in [-0.4, -0.2) is 48.4 Å². The minimum Gasteiger partial charge on any atom is -0.342 e. The zero-order valence-corrected chi connectivity index (χ0v) is 12.1. The van der Waals surface area contributed by atoms with Crippen molar-refractivity contribution in [1.82, 2.24) is 9.80 Å². The van der Waals surface area contributed by atoms with E-state index in [1.807, 2.05) is 11.0 Å². The van der Waals surface area contributed by atoms with Crippen LogP contribution in [-0.2, 0) is 4.79 Å². The molecule has 0 radical (unpaired) electrons. The highest BCUT2D eigenvalue weighted by Gasteiger charge is 2.26. The molecule has 2 rings (SSSR count). The van der Waals surface area contributed by atoms with Crippen molar-refractivity contribution >= 4 is 5.91 Å². The van der Waals surface area contributed by atoms with Gasteiger partial charge in [-0.1, -0.05) is 18.9 Å². The van der Waals surface area contributed by atoms with Crippen molar-refractivity contribution in [3.63, 3.8) is 0 Å². The van der Waals surface area contributed by atoms with Crippen molar-refractivity contribution in [2.24, 2.45) is 5.92 Å². The summed E-state index contributed by atoms with van der Waals surface area (Å²) in [6.45, 7) is 9.40. The van der Waals surface area contributed by atoms with Crippen LogP contribution in [0.5, 0.6) is 0 Å². The number of carbonyl (C=O) groups excluding carboxylic acids is 1. The van der Waals surface area contributed by atoms with Crippen LogP contribution in [0.25, 0.3) is 0 Å². The molecule has 3 heteroatoms. The summed E-state index contributed by atoms with van der Waals surface area (Å²) in [5.74, 6) is 0.706. The zero-order chi connectivity index (χ0) is 13.5. The van der Waals surface area contributed by atoms with Crippen LogP contribution in [0.1, 0.15) is 44.9 Å². The van der Waals surface area contributed by atoms with Crippen molar-refractivity contribution in [3.05, 3.63) is 12.7 Å². The van der Waals surface area contributed by atoms with Gasteiger partial charge < -0.3 is 9.80 Å². The second kappa shape index (κ2) is 7.68. The van der Waals surface area contributed by atoms with E-state index in [1.165, 1.54) is 51.7 Å². The fraction of sp³-hybridized carbons (Fsp3) is 0.812. The summed E-state index contributed by atoms with van der Waals surface area (Å²) in [5.41, 5.74) is 0. The number of carbonyl (C=O) groups is 1. The number of rotatable bonds is 6. The highest BCUT2D eigenvalue weighted by Crippen LogP contribution is 2.19. The third-order valence-electron chi connectivity index (χ3n) is 4.43. The number of hydrogen-bond donors (Lipinski definition) is 0. The van der Waals surface area contributed by atoms with Crippen molar-refractivity contribution < 1.29 is 4.79 Å². The van der Waals surface area contributed by atoms with Gasteiger partial charge in [0.15, 0.2) is 0 Å². The van der Waals surface area contributed by atoms with E-state index in [4.69, 9.17) is 0 Å². The molecule has 2 fully saturated rings. The molecular formula is C16H28N2O. The Hall–Kier alpha value is -0.830. The Morgan fingerprint density at radius 1 is 1.11 bits per heavy atom. The number of unbranched alkanes of at least 4 members (excludes halogenated alkanes) is 1. The molecule has 2 aliphatic heterocycles. The average molecular weight is 264 g/mol. The molecule has 2 aliphatic rings. The van der Waals surface area contributed by atoms with Gasteiger partial charge in [0.05, 0.1) is 0 Å². The lowest BCUT2D eigenvalue weighted by Gasteiger charge is -2.21. The maximum Gasteiger partial charge on any atom is 0.223 e. The smallest absolute Gasteiger partial charge is 0.223 e. The van der Waals surface area contributed by atoms with E-state index in [-0.39, 0.29) is 0 Å². The zero-order valence-electron chi connectivity index (χ0n) is 12.1. The Kier molecular flexibility index (Phi) is 5.90. The first-order chi connectivity index (χ1) is 9.29. The van der Waals surface area contributed by atoms with Gasteiger partial charge >= 0.3 is 0 Å². The summed E-state index contributed by atoms with van der Waals surface area (Å²) in [4.78, 5) is 16.4. The fourth-order valence-corrected chi connectivity index (χ4v) is 3.17. The molecule has 0 aromatic carbocycles. The number of nitrogens with zero attached hydrogens (tertiary/aromatic N) is 2. The molecule has 0 bridgehead atoms. The lowest BCUT2D eigenvalue weighted by molar-refractivity contribution is -0.127. The second-order valence-corrected chi connectivity index (χ2v) is 6.00. The Bertz CT molecular complexity index is 295. The van der Waals surface area contributed by atoms with Crippen LogP contribution in [0.15, 0.2) is 12.7 Å². The van der Waals surface area contributed by atoms with Crippen molar-refractivity contribution in [1.29, 1.82) is 0 Å². The Morgan fingerprint density at radius 3 is 2.42 bits per heavy atom. The van der Waals surface area contributed by atoms with Gasteiger partial charge in [0, 0.05) is 25.4 Å². The number of likely N-dealkylation sites (tertiary alicyclic amines) is 2. The predicted octanol–water partition coefficient (Wildman–Crippen LogP) is 2.68. The highest BCUT2D eigenvalue weighted by molar-refractivity contribution is 5.78. The van der Waals surface area contributed by atoms with E-state index in [9.17, 15) is 4.79 Å². The Balaban J connectivity index is 1.58. The van der Waals surface area contributed by atoms with Crippen LogP contribution < -0.4 is 0 Å². The molecule has 0 saturated carbocycles. The number of amides is 1. The first kappa shape index (κ1) is 14.6. The standard InChI is InChI=1S/C16H28N2O/c1-2-15-13-16(19)18(14-15)12-8-7-11-17-9-5-3-4-6-10-17/h2,15H,1,3-14H2. The van der Waals surface area contributed by atoms with E-state index >= 15 is 0 Å². The third kappa shape index (κ3) is 4.64. The van der Waals surface area contributed by atoms with Crippen LogP contribution in [0, 0.1) is 5.92 Å². The van der Waals surface area contributed by atoms with Gasteiger partial charge in [0.25, 0.3) is 0 Å². The number of hydrogen-bond acceptors (Lipinski definition) is 2. The molecule has 0 N–H and O–H groups in total. The Labute approximate surface area is 117 Å². The van der Waals surface area contributed by atoms with Crippen LogP contribution in [0.4, 0.5) is 0 Å². The van der Waals surface area contributed by atoms with Crippen LogP contribution in [0.3, 0.4) is 0 Å². The van der Waals surface area contributed by atoms with Gasteiger partial charge in [-0.25, -0.2) is 0 Å². The predicted molar refractivity (Wildman–Crippen MR) is 79.0 cm³/mol. The van der Waals surface area contributed by atoms with E-state index in [1.54, 1.807) is 0 Å². The minimum atomic E-state index is 0.319. The first-order valence-corrected chi connectivity index (χ1v) is 7.92. The molecule has 0 spiro atoms. The van der Waals surface area contributed by atoms with Crippen LogP contribution >= 0.6 is 0 Å². The first-order valence-electron chi connectivity index (χ1n) is 7.92. The van der Waals surface area contributed by atoms with Crippen molar-refractivity contribution in [2.75, 3.05) is 32.7 Å². The normalized spacial score (nSPS) is 25.6. The quantitative estimate of drug-likeness (QED) is 0.544. The molecule has 3 nitrogen and oxygen atoms in total. The molecule has 0 aromatic rings. The van der Waals surface area contributed by atoms with Gasteiger partial charge in [-0.3, -0.25) is 4.79 Å². The lowest BCUT2D eigenvalue weighted by Crippen LogP contribution is -2.29. The van der Waals surface area contributed by atoms with E-state index in [0.717, 1.165) is 19.5 Å². The molecule has 2 heterocycles. The molecule has 1 amide bonds. The lowest BCUT2D eigenvalue weighted by atomic mass is 10.1. The second-order valence-electron chi connectivity index (χ2n) is 6.00. The maximum atomic E-state index is 11.8. The minimum absolute atomic E-state index is 0.319. The van der Waals surface area contributed by atoms with Gasteiger partial charge in [-0.05, 0) is 45.3 Å². The van der Waals surface area contributed by atoms with Crippen molar-refractivity contribution in [3.8, 4) is 0 Å². The molecule has 108 valence electrons. The third-order valence-corrected chi connectivity index (χ3v) is 4.43. The van der Waals surface area contributed by atoms with Gasteiger partial charge in [-0.15, -0.1) is 6.58 Å². The summed E-state index contributed by atoms with van der Waals surface area (Å²) in [5, 5.41) is 0. The van der Waals surface area contributed by atoms with Gasteiger partial charge in [0.2, 0.25) is 5.91 Å². The van der Waals surface area contributed by atoms with E-state index < -0.39 is 0 Å². The summed E-state index contributed by atoms with van der Waals surface area (Å²) in [7, 11) is 0. The fourth-order valence-electron chi connectivity index (χ4n) is 3.17. The molecule has 1 unspecified atom stereocenters.